The van der Waals surface area contributed by atoms with Gasteiger partial charge in [0.15, 0.2) is 0 Å². The molecular weight excluding hydrogens is 1640 g/mol. The van der Waals surface area contributed by atoms with Crippen LogP contribution in [0.2, 0.25) is 0 Å². The van der Waals surface area contributed by atoms with Crippen LogP contribution < -0.4 is 9.80 Å². The van der Waals surface area contributed by atoms with Gasteiger partial charge < -0.3 is 18.9 Å². The van der Waals surface area contributed by atoms with Gasteiger partial charge in [0, 0.05) is 67.0 Å². The van der Waals surface area contributed by atoms with Crippen molar-refractivity contribution in [1.29, 1.82) is 0 Å². The molecule has 0 atom stereocenters. The zero-order valence-corrected chi connectivity index (χ0v) is 69.0. The van der Waals surface area contributed by atoms with Crippen LogP contribution in [0.1, 0.15) is 104 Å². The normalized spacial score (nSPS) is 19.1. The lowest BCUT2D eigenvalue weighted by Crippen LogP contribution is -2.09. The molecule has 0 amide bonds. The Labute approximate surface area is 900 Å². The average molecular weight is 1810 g/mol. The summed E-state index contributed by atoms with van der Waals surface area (Å²) in [5.41, 5.74) is -25.7. The minimum absolute atomic E-state index is 0.109. The van der Waals surface area contributed by atoms with E-state index in [-0.39, 0.29) is 16.0 Å². The van der Waals surface area contributed by atoms with Crippen molar-refractivity contribution in [2.24, 2.45) is 0 Å². The summed E-state index contributed by atoms with van der Waals surface area (Å²) in [5, 5.41) is -0.352. The van der Waals surface area contributed by atoms with Crippen LogP contribution in [0.3, 0.4) is 0 Å². The number of hydrogen-bond acceptors (Lipinski definition) is 2. The fourth-order valence-corrected chi connectivity index (χ4v) is 14.6. The molecule has 0 saturated carbocycles. The molecule has 24 aromatic rings. The van der Waals surface area contributed by atoms with E-state index >= 15 is 0 Å². The Hall–Kier alpha value is -18.0. The highest BCUT2D eigenvalue weighted by Gasteiger charge is 2.22. The zero-order valence-electron chi connectivity index (χ0n) is 145. The Bertz CT molecular complexity index is 13100. The molecule has 24 rings (SSSR count). The van der Waals surface area contributed by atoms with Gasteiger partial charge in [-0.15, -0.1) is 0 Å². The molecule has 0 spiro atoms. The maximum absolute atomic E-state index is 10.0. The minimum Gasteiger partial charge on any atom is -0.311 e. The van der Waals surface area contributed by atoms with Crippen LogP contribution in [0, 0.1) is 0 Å². The first-order valence-corrected chi connectivity index (χ1v) is 40.5. The standard InChI is InChI=1S/2C66H46N2/c2*1-4-15-47(16-5-1)49-27-29-50(30-28-49)51-31-38-57(39-32-51)67(59-42-35-54(36-43-59)62-24-11-10-23-61(62)53-19-8-3-9-20-53)58-40-33-52(34-41-58)56-37-44-66-64(46-56)63-25-12-13-26-65(63)68(66)60-22-14-21-55(45-60)48-17-6-2-7-18-48/h2*1-46H/i1D,2D,3D,4D,5D,6D,7D,8D,9D,10D,11D,12D,13D,14D,15D,16D,17D,18D,19D,20D,21D,22D,23D,24D,25D,26D,27D,28D,29D,30D,31D,32D,33D,34D,35D,36D,37D,38D,39D,40D,41D,42D,43D,44D,45D,46D;1D,3D,4D,5D,8D,9D,10D,11D,15D,16D,19D,20D,23D,24D,27D,28D,29D,30D,31D,32D,33D,34D,35D,36D,38D,39D,40D,41D,42D,43D. The lowest BCUT2D eigenvalue weighted by molar-refractivity contribution is 1.18. The van der Waals surface area contributed by atoms with Gasteiger partial charge in [0.2, 0.25) is 0 Å². The highest BCUT2D eigenvalue weighted by Crippen LogP contribution is 2.46. The number of anilines is 6. The first-order valence-electron chi connectivity index (χ1n) is 78.5. The summed E-state index contributed by atoms with van der Waals surface area (Å²) in [6, 6.07) is -56.7. The molecule has 136 heavy (non-hydrogen) atoms. The van der Waals surface area contributed by atoms with E-state index in [9.17, 15) is 50.7 Å². The minimum atomic E-state index is -1.54. The molecule has 0 saturated heterocycles. The third-order valence-corrected chi connectivity index (χ3v) is 20.8. The van der Waals surface area contributed by atoms with Gasteiger partial charge in [-0.1, -0.05) is 423 Å². The number of nitrogens with zero attached hydrogens (tertiary/aromatic N) is 4. The lowest BCUT2D eigenvalue weighted by Gasteiger charge is -2.26. The molecule has 0 aliphatic heterocycles. The van der Waals surface area contributed by atoms with Gasteiger partial charge in [0.05, 0.1) is 126 Å². The van der Waals surface area contributed by atoms with Crippen molar-refractivity contribution in [3.05, 3.63) is 556 Å². The summed E-state index contributed by atoms with van der Waals surface area (Å²) < 4.78 is 696. The summed E-state index contributed by atoms with van der Waals surface area (Å²) >= 11 is 0. The molecular formula is C132H92N4. The fraction of sp³-hybridized carbons (Fsp3) is 0. The number of hydrogen-bond donors (Lipinski definition) is 0. The van der Waals surface area contributed by atoms with Gasteiger partial charge in [0.25, 0.3) is 0 Å². The molecule has 640 valence electrons. The molecule has 4 nitrogen and oxygen atoms in total. The van der Waals surface area contributed by atoms with Gasteiger partial charge >= 0.3 is 0 Å². The predicted octanol–water partition coefficient (Wildman–Crippen LogP) is 36.5. The number of benzene rings is 22. The SMILES string of the molecule is [2H]c1c([2H])c([2H])c(-c2c([2H])c([2H])c(-c3c([2H])c([2H])c(N(c4c([2H])c([2H])c(-c5c([2H])c([2H])c([2H])c([2H])c5-c5c([2H])c([2H])c([2H])c([2H])c5[2H])c([2H])c4[2H])c4c([2H])c([2H])c(-c5c([2H])c([2H])c6c(c5[2H])c5c([2H])c([2H])c([2H])c([2H])c5n6-c5c([2H])c([2H])c([2H])c(-c6c([2H])c([2H])c([2H])c([2H])c6[2H])c5[2H])c([2H])c4[2H])c([2H])c3[2H])c([2H])c2[2H])c([2H])c1[2H].[2H]c1c([2H])c([2H])c(-c2c([2H])c([2H])c(-c3c([2H])c([2H])c(N(c4c([2H])c([2H])c(-c5ccc6c(c5)c5ccccc5n6-c5cccc(-c6ccccc6)c5)c([2H])c4[2H])c4c([2H])c([2H])c(-c5c([2H])c([2H])c([2H])c([2H])c5-c5c([2H])c([2H])c([2H])c([2H])c5[2H])c([2H])c4[2H])c([2H])c3[2H])c([2H])c2[2H])c([2H])c1[2H]. The van der Waals surface area contributed by atoms with E-state index in [4.69, 9.17) is 53.5 Å². The van der Waals surface area contributed by atoms with Crippen molar-refractivity contribution in [2.75, 3.05) is 9.80 Å². The highest BCUT2D eigenvalue weighted by molar-refractivity contribution is 6.12. The molecule has 2 heterocycles. The van der Waals surface area contributed by atoms with Crippen LogP contribution in [-0.2, 0) is 0 Å². The van der Waals surface area contributed by atoms with Gasteiger partial charge in [-0.2, -0.15) is 0 Å². The molecule has 2 aromatic heterocycles. The average Bonchev–Trinajstić information content (AvgIpc) is 1.52. The second-order valence-corrected chi connectivity index (χ2v) is 28.8. The Kier molecular flexibility index (Phi) is 9.46. The van der Waals surface area contributed by atoms with Crippen molar-refractivity contribution < 1.29 is 104 Å². The Balaban J connectivity index is 0.000000218. The summed E-state index contributed by atoms with van der Waals surface area (Å²) in [4.78, 5) is 0.505. The zero-order chi connectivity index (χ0) is 157. The van der Waals surface area contributed by atoms with Crippen LogP contribution in [0.4, 0.5) is 34.1 Å². The first kappa shape index (κ1) is 34.6. The molecule has 0 bridgehead atoms. The van der Waals surface area contributed by atoms with Crippen LogP contribution >= 0.6 is 0 Å². The van der Waals surface area contributed by atoms with E-state index in [0.717, 1.165) is 27.7 Å². The predicted molar refractivity (Wildman–Crippen MR) is 576 cm³/mol. The van der Waals surface area contributed by atoms with Gasteiger partial charge in [-0.05, 0) is 267 Å². The van der Waals surface area contributed by atoms with Gasteiger partial charge in [-0.3, -0.25) is 0 Å². The molecule has 4 heteroatoms. The van der Waals surface area contributed by atoms with Crippen LogP contribution in [0.5, 0.6) is 0 Å². The second-order valence-electron chi connectivity index (χ2n) is 28.8. The third kappa shape index (κ3) is 16.6. The maximum Gasteiger partial charge on any atom is 0.0651 e. The number of rotatable bonds is 20. The largest absolute Gasteiger partial charge is 0.311 e. The quantitative estimate of drug-likeness (QED) is 0.0756. The molecule has 0 N–H and O–H groups in total. The molecule has 0 fully saturated rings. The van der Waals surface area contributed by atoms with Gasteiger partial charge in [0.1, 0.15) is 0 Å². The van der Waals surface area contributed by atoms with Crippen LogP contribution in [0.15, 0.2) is 556 Å². The third-order valence-electron chi connectivity index (χ3n) is 20.8. The Morgan fingerprint density at radius 3 is 0.904 bits per heavy atom. The summed E-state index contributed by atoms with van der Waals surface area (Å²) in [6.45, 7) is 0. The van der Waals surface area contributed by atoms with Crippen molar-refractivity contribution in [3.63, 3.8) is 0 Å². The second kappa shape index (κ2) is 37.1. The van der Waals surface area contributed by atoms with E-state index < -0.39 is 632 Å². The van der Waals surface area contributed by atoms with Crippen molar-refractivity contribution in [1.82, 2.24) is 9.13 Å². The number of aromatic nitrogens is 2. The summed E-state index contributed by atoms with van der Waals surface area (Å²) in [5.74, 6) is 0. The van der Waals surface area contributed by atoms with E-state index in [1.807, 2.05) is 83.4 Å². The van der Waals surface area contributed by atoms with Crippen molar-refractivity contribution >= 4 is 77.7 Å². The highest BCUT2D eigenvalue weighted by atomic mass is 15.1. The van der Waals surface area contributed by atoms with E-state index in [1.165, 1.54) is 0 Å². The fourth-order valence-electron chi connectivity index (χ4n) is 14.6. The number of para-hydroxylation sites is 2. The van der Waals surface area contributed by atoms with E-state index in [1.54, 1.807) is 18.2 Å². The summed E-state index contributed by atoms with van der Waals surface area (Å²) in [6.07, 6.45) is 0. The Morgan fingerprint density at radius 2 is 0.449 bits per heavy atom. The summed E-state index contributed by atoms with van der Waals surface area (Å²) in [7, 11) is 0. The van der Waals surface area contributed by atoms with Crippen LogP contribution in [0.25, 0.3) is 189 Å². The van der Waals surface area contributed by atoms with Crippen molar-refractivity contribution in [3.8, 4) is 145 Å². The molecule has 0 unspecified atom stereocenters. The topological polar surface area (TPSA) is 16.3 Å². The molecule has 22 aromatic carbocycles. The molecule has 0 aliphatic carbocycles. The maximum atomic E-state index is 10.0. The monoisotopic (exact) mass is 1810 g/mol. The Morgan fingerprint density at radius 1 is 0.147 bits per heavy atom. The molecule has 0 aliphatic rings. The smallest absolute Gasteiger partial charge is 0.0651 e. The first-order chi connectivity index (χ1) is 99.1. The van der Waals surface area contributed by atoms with Crippen molar-refractivity contribution in [2.45, 2.75) is 0 Å². The van der Waals surface area contributed by atoms with E-state index in [2.05, 4.69) is 0 Å². The van der Waals surface area contributed by atoms with Gasteiger partial charge in [-0.25, -0.2) is 0 Å². The number of fused-ring (bicyclic) bond motifs is 6. The van der Waals surface area contributed by atoms with E-state index in [0.29, 0.717) is 20.4 Å². The van der Waals surface area contributed by atoms with Crippen LogP contribution in [-0.4, -0.2) is 9.13 Å². The lowest BCUT2D eigenvalue weighted by atomic mass is 9.94. The molecule has 0 radical (unpaired) electrons.